The third-order valence-corrected chi connectivity index (χ3v) is 4.82. The van der Waals surface area contributed by atoms with Crippen LogP contribution in [0.2, 0.25) is 0 Å². The van der Waals surface area contributed by atoms with Crippen LogP contribution in [0.4, 0.5) is 17.1 Å². The Morgan fingerprint density at radius 3 is 2.44 bits per heavy atom. The van der Waals surface area contributed by atoms with Gasteiger partial charge in [0, 0.05) is 41.1 Å². The van der Waals surface area contributed by atoms with Gasteiger partial charge in [-0.25, -0.2) is 4.98 Å². The second kappa shape index (κ2) is 9.89. The molecule has 4 rings (SSSR count). The van der Waals surface area contributed by atoms with E-state index in [0.717, 1.165) is 29.0 Å². The van der Waals surface area contributed by atoms with Crippen LogP contribution in [0.5, 0.6) is 5.88 Å². The van der Waals surface area contributed by atoms with Crippen molar-refractivity contribution in [3.05, 3.63) is 84.6 Å². The summed E-state index contributed by atoms with van der Waals surface area (Å²) >= 11 is 0. The van der Waals surface area contributed by atoms with Crippen molar-refractivity contribution in [1.82, 2.24) is 14.9 Å². The largest absolute Gasteiger partial charge is 0.476 e. The summed E-state index contributed by atoms with van der Waals surface area (Å²) in [5.74, 6) is 0.420. The Morgan fingerprint density at radius 1 is 0.938 bits per heavy atom. The summed E-state index contributed by atoms with van der Waals surface area (Å²) in [4.78, 5) is 23.2. The summed E-state index contributed by atoms with van der Waals surface area (Å²) in [7, 11) is 4.00. The molecule has 0 saturated carbocycles. The maximum absolute atomic E-state index is 12.3. The highest BCUT2D eigenvalue weighted by Gasteiger charge is 2.08. The maximum atomic E-state index is 12.3. The molecule has 2 N–H and O–H groups in total. The molecular formula is C25H25N5O2. The van der Waals surface area contributed by atoms with Crippen LogP contribution in [-0.2, 0) is 0 Å². The quantitative estimate of drug-likeness (QED) is 0.429. The van der Waals surface area contributed by atoms with Gasteiger partial charge in [-0.15, -0.1) is 0 Å². The molecule has 0 aliphatic heterocycles. The molecule has 0 fully saturated rings. The first kappa shape index (κ1) is 21.3. The summed E-state index contributed by atoms with van der Waals surface area (Å²) in [5, 5.41) is 7.20. The third kappa shape index (κ3) is 5.39. The number of likely N-dealkylation sites (N-methyl/N-ethyl adjacent to an activating group) is 1. The number of nitrogens with zero attached hydrogens (tertiary/aromatic N) is 3. The van der Waals surface area contributed by atoms with Gasteiger partial charge >= 0.3 is 0 Å². The summed E-state index contributed by atoms with van der Waals surface area (Å²) in [5.41, 5.74) is 3.75. The van der Waals surface area contributed by atoms with Gasteiger partial charge in [-0.05, 0) is 62.6 Å². The average molecular weight is 428 g/mol. The van der Waals surface area contributed by atoms with Crippen molar-refractivity contribution in [2.75, 3.05) is 37.9 Å². The van der Waals surface area contributed by atoms with Gasteiger partial charge in [-0.3, -0.25) is 4.79 Å². The fraction of sp³-hybridized carbons (Fsp3) is 0.160. The number of fused-ring (bicyclic) bond motifs is 1. The molecule has 0 radical (unpaired) electrons. The zero-order valence-corrected chi connectivity index (χ0v) is 18.1. The minimum atomic E-state index is -0.138. The highest BCUT2D eigenvalue weighted by Crippen LogP contribution is 2.26. The summed E-state index contributed by atoms with van der Waals surface area (Å²) in [6.45, 7) is 1.38. The van der Waals surface area contributed by atoms with Gasteiger partial charge in [-0.2, -0.15) is 4.98 Å². The Labute approximate surface area is 187 Å². The predicted molar refractivity (Wildman–Crippen MR) is 128 cm³/mol. The molecule has 4 aromatic rings. The van der Waals surface area contributed by atoms with Crippen LogP contribution in [-0.4, -0.2) is 48.0 Å². The first-order valence-electron chi connectivity index (χ1n) is 10.4. The van der Waals surface area contributed by atoms with Crippen molar-refractivity contribution < 1.29 is 9.53 Å². The van der Waals surface area contributed by atoms with E-state index in [2.05, 4.69) is 25.5 Å². The van der Waals surface area contributed by atoms with Crippen molar-refractivity contribution in [1.29, 1.82) is 0 Å². The molecule has 0 aliphatic carbocycles. The van der Waals surface area contributed by atoms with E-state index >= 15 is 0 Å². The Hall–Kier alpha value is -3.97. The molecule has 0 unspecified atom stereocenters. The summed E-state index contributed by atoms with van der Waals surface area (Å²) in [6, 6.07) is 22.4. The highest BCUT2D eigenvalue weighted by molar-refractivity contribution is 6.04. The normalized spacial score (nSPS) is 10.8. The number of rotatable bonds is 8. The van der Waals surface area contributed by atoms with E-state index in [1.165, 1.54) is 0 Å². The molecule has 2 aromatic heterocycles. The first-order chi connectivity index (χ1) is 15.6. The number of carbonyl (C=O) groups is 1. The minimum absolute atomic E-state index is 0.138. The van der Waals surface area contributed by atoms with Crippen LogP contribution in [0.25, 0.3) is 11.0 Å². The molecule has 0 spiro atoms. The van der Waals surface area contributed by atoms with Crippen molar-refractivity contribution in [2.24, 2.45) is 0 Å². The lowest BCUT2D eigenvalue weighted by molar-refractivity contribution is 0.102. The summed E-state index contributed by atoms with van der Waals surface area (Å²) < 4.78 is 5.71. The second-order valence-corrected chi connectivity index (χ2v) is 7.55. The smallest absolute Gasteiger partial charge is 0.255 e. The van der Waals surface area contributed by atoms with Crippen LogP contribution in [0.15, 0.2) is 79.0 Å². The van der Waals surface area contributed by atoms with Crippen molar-refractivity contribution in [3.63, 3.8) is 0 Å². The monoisotopic (exact) mass is 427 g/mol. The molecule has 0 atom stereocenters. The second-order valence-electron chi connectivity index (χ2n) is 7.55. The van der Waals surface area contributed by atoms with Gasteiger partial charge in [0.25, 0.3) is 5.91 Å². The fourth-order valence-corrected chi connectivity index (χ4v) is 3.12. The number of ether oxygens (including phenoxy) is 1. The lowest BCUT2D eigenvalue weighted by Crippen LogP contribution is -2.19. The van der Waals surface area contributed by atoms with E-state index in [0.29, 0.717) is 23.7 Å². The Morgan fingerprint density at radius 2 is 1.69 bits per heavy atom. The number of anilines is 3. The van der Waals surface area contributed by atoms with Crippen LogP contribution in [0, 0.1) is 0 Å². The molecule has 2 aromatic carbocycles. The maximum Gasteiger partial charge on any atom is 0.255 e. The van der Waals surface area contributed by atoms with Gasteiger partial charge in [0.1, 0.15) is 6.61 Å². The number of amides is 1. The number of hydrogen-bond acceptors (Lipinski definition) is 6. The molecule has 7 nitrogen and oxygen atoms in total. The number of pyridine rings is 2. The molecule has 1 amide bonds. The average Bonchev–Trinajstić information content (AvgIpc) is 2.81. The lowest BCUT2D eigenvalue weighted by atomic mass is 10.2. The van der Waals surface area contributed by atoms with Crippen molar-refractivity contribution in [3.8, 4) is 5.88 Å². The van der Waals surface area contributed by atoms with Gasteiger partial charge < -0.3 is 20.3 Å². The summed E-state index contributed by atoms with van der Waals surface area (Å²) in [6.07, 6.45) is 1.72. The van der Waals surface area contributed by atoms with Gasteiger partial charge in [-0.1, -0.05) is 18.2 Å². The standard InChI is InChI=1S/C25H25N5O2/c1-30(2)16-17-32-23-13-12-21-22(14-15-26-24(21)29-23)27-19-8-10-20(11-9-19)28-25(31)18-6-4-3-5-7-18/h3-15H,16-17H2,1-2H3,(H,28,31)(H,26,27,29). The van der Waals surface area contributed by atoms with E-state index in [9.17, 15) is 4.79 Å². The van der Waals surface area contributed by atoms with Crippen LogP contribution < -0.4 is 15.4 Å². The van der Waals surface area contributed by atoms with Crippen LogP contribution >= 0.6 is 0 Å². The molecule has 0 aliphatic rings. The van der Waals surface area contributed by atoms with Crippen molar-refractivity contribution >= 4 is 34.0 Å². The number of carbonyl (C=O) groups excluding carboxylic acids is 1. The van der Waals surface area contributed by atoms with Gasteiger partial charge in [0.15, 0.2) is 5.65 Å². The van der Waals surface area contributed by atoms with E-state index in [-0.39, 0.29) is 5.91 Å². The first-order valence-corrected chi connectivity index (χ1v) is 10.4. The van der Waals surface area contributed by atoms with E-state index < -0.39 is 0 Å². The predicted octanol–water partition coefficient (Wildman–Crippen LogP) is 4.57. The number of aromatic nitrogens is 2. The third-order valence-electron chi connectivity index (χ3n) is 4.82. The minimum Gasteiger partial charge on any atom is -0.476 e. The number of hydrogen-bond donors (Lipinski definition) is 2. The van der Waals surface area contributed by atoms with E-state index in [4.69, 9.17) is 4.74 Å². The molecule has 0 saturated heterocycles. The lowest BCUT2D eigenvalue weighted by Gasteiger charge is -2.12. The Balaban J connectivity index is 1.44. The zero-order chi connectivity index (χ0) is 22.3. The molecule has 162 valence electrons. The molecule has 32 heavy (non-hydrogen) atoms. The van der Waals surface area contributed by atoms with E-state index in [1.54, 1.807) is 18.3 Å². The molecule has 7 heteroatoms. The Kier molecular flexibility index (Phi) is 6.57. The van der Waals surface area contributed by atoms with Crippen molar-refractivity contribution in [2.45, 2.75) is 0 Å². The number of benzene rings is 2. The molecule has 2 heterocycles. The highest BCUT2D eigenvalue weighted by atomic mass is 16.5. The number of nitrogens with one attached hydrogen (secondary N) is 2. The van der Waals surface area contributed by atoms with E-state index in [1.807, 2.05) is 74.8 Å². The van der Waals surface area contributed by atoms with Gasteiger partial charge in [0.2, 0.25) is 5.88 Å². The molecular weight excluding hydrogens is 402 g/mol. The van der Waals surface area contributed by atoms with Crippen LogP contribution in [0.3, 0.4) is 0 Å². The Bertz CT molecular complexity index is 1190. The van der Waals surface area contributed by atoms with Gasteiger partial charge in [0.05, 0.1) is 5.69 Å². The fourth-order valence-electron chi connectivity index (χ4n) is 3.12. The van der Waals surface area contributed by atoms with Crippen LogP contribution in [0.1, 0.15) is 10.4 Å². The topological polar surface area (TPSA) is 79.4 Å². The SMILES string of the molecule is CN(C)CCOc1ccc2c(Nc3ccc(NC(=O)c4ccccc4)cc3)ccnc2n1. The molecule has 0 bridgehead atoms. The zero-order valence-electron chi connectivity index (χ0n) is 18.1.